The summed E-state index contributed by atoms with van der Waals surface area (Å²) in [5, 5.41) is 1.02. The molecule has 0 saturated carbocycles. The van der Waals surface area contributed by atoms with Gasteiger partial charge in [0.1, 0.15) is 5.82 Å². The van der Waals surface area contributed by atoms with Crippen LogP contribution in [0, 0.1) is 13.8 Å². The maximum atomic E-state index is 11.6. The van der Waals surface area contributed by atoms with Gasteiger partial charge < -0.3 is 9.64 Å². The molecule has 0 radical (unpaired) electrons. The van der Waals surface area contributed by atoms with Gasteiger partial charge in [0.25, 0.3) is 0 Å². The molecule has 2 aromatic heterocycles. The van der Waals surface area contributed by atoms with E-state index in [2.05, 4.69) is 14.9 Å². The van der Waals surface area contributed by atoms with Crippen molar-refractivity contribution in [3.05, 3.63) is 28.5 Å². The van der Waals surface area contributed by atoms with Crippen molar-refractivity contribution in [1.82, 2.24) is 9.97 Å². The standard InChI is InChI=1S/C17H21N3O2S/c1-10-7-20(8-11(2)22-10)17-15(9-21)5-14(6-18-17)16-12(3)19-13(4)23-16/h5-6,9-11H,7-8H2,1-4H3/t10-,11+. The fourth-order valence-corrected chi connectivity index (χ4v) is 4.00. The SMILES string of the molecule is Cc1nc(C)c(-c2cnc(N3C[C@@H](C)O[C@@H](C)C3)c(C=O)c2)s1. The molecule has 3 rings (SSSR count). The average Bonchev–Trinajstić information content (AvgIpc) is 2.84. The fourth-order valence-electron chi connectivity index (χ4n) is 3.10. The summed E-state index contributed by atoms with van der Waals surface area (Å²) in [7, 11) is 0. The number of hydrogen-bond acceptors (Lipinski definition) is 6. The lowest BCUT2D eigenvalue weighted by Gasteiger charge is -2.36. The van der Waals surface area contributed by atoms with Crippen LogP contribution in [0.1, 0.15) is 34.9 Å². The molecule has 0 N–H and O–H groups in total. The highest BCUT2D eigenvalue weighted by molar-refractivity contribution is 7.15. The molecule has 0 aliphatic carbocycles. The molecule has 0 unspecified atom stereocenters. The molecule has 3 heterocycles. The summed E-state index contributed by atoms with van der Waals surface area (Å²) in [5.41, 5.74) is 2.55. The molecule has 6 heteroatoms. The maximum absolute atomic E-state index is 11.6. The smallest absolute Gasteiger partial charge is 0.153 e. The molecule has 0 bridgehead atoms. The number of anilines is 1. The van der Waals surface area contributed by atoms with Crippen LogP contribution in [0.15, 0.2) is 12.3 Å². The zero-order chi connectivity index (χ0) is 16.6. The third-order valence-corrected chi connectivity index (χ3v) is 5.03. The number of rotatable bonds is 3. The van der Waals surface area contributed by atoms with Crippen LogP contribution in [0.5, 0.6) is 0 Å². The lowest BCUT2D eigenvalue weighted by Crippen LogP contribution is -2.46. The molecule has 1 aliphatic heterocycles. The summed E-state index contributed by atoms with van der Waals surface area (Å²) in [4.78, 5) is 23.8. The predicted molar refractivity (Wildman–Crippen MR) is 92.4 cm³/mol. The van der Waals surface area contributed by atoms with E-state index in [1.807, 2.05) is 40.0 Å². The number of morpholine rings is 1. The fraction of sp³-hybridized carbons (Fsp3) is 0.471. The van der Waals surface area contributed by atoms with Crippen LogP contribution in [-0.2, 0) is 4.74 Å². The third kappa shape index (κ3) is 3.28. The van der Waals surface area contributed by atoms with Gasteiger partial charge in [-0.1, -0.05) is 0 Å². The van der Waals surface area contributed by atoms with Crippen LogP contribution >= 0.6 is 11.3 Å². The van der Waals surface area contributed by atoms with Crippen molar-refractivity contribution < 1.29 is 9.53 Å². The first-order valence-corrected chi connectivity index (χ1v) is 8.59. The summed E-state index contributed by atoms with van der Waals surface area (Å²) in [5.74, 6) is 0.740. The van der Waals surface area contributed by atoms with Crippen LogP contribution in [0.4, 0.5) is 5.82 Å². The Balaban J connectivity index is 1.97. The number of carbonyl (C=O) groups excluding carboxylic acids is 1. The zero-order valence-corrected chi connectivity index (χ0v) is 14.7. The van der Waals surface area contributed by atoms with Crippen molar-refractivity contribution >= 4 is 23.4 Å². The second-order valence-electron chi connectivity index (χ2n) is 6.06. The minimum atomic E-state index is 0.131. The number of aromatic nitrogens is 2. The second-order valence-corrected chi connectivity index (χ2v) is 7.27. The van der Waals surface area contributed by atoms with E-state index in [0.717, 1.165) is 46.3 Å². The Labute approximate surface area is 140 Å². The summed E-state index contributed by atoms with van der Waals surface area (Å²) in [6, 6.07) is 1.92. The Kier molecular flexibility index (Phi) is 4.46. The first kappa shape index (κ1) is 16.1. The first-order chi connectivity index (χ1) is 11.0. The summed E-state index contributed by atoms with van der Waals surface area (Å²) >= 11 is 1.63. The van der Waals surface area contributed by atoms with E-state index in [1.165, 1.54) is 0 Å². The molecule has 1 saturated heterocycles. The van der Waals surface area contributed by atoms with Crippen LogP contribution in [0.3, 0.4) is 0 Å². The number of carbonyl (C=O) groups is 1. The topological polar surface area (TPSA) is 55.3 Å². The van der Waals surface area contributed by atoms with E-state index in [1.54, 1.807) is 11.3 Å². The quantitative estimate of drug-likeness (QED) is 0.808. The van der Waals surface area contributed by atoms with Crippen molar-refractivity contribution in [2.75, 3.05) is 18.0 Å². The molecule has 0 aromatic carbocycles. The van der Waals surface area contributed by atoms with E-state index < -0.39 is 0 Å². The Morgan fingerprint density at radius 2 is 2.00 bits per heavy atom. The van der Waals surface area contributed by atoms with Gasteiger partial charge in [0.15, 0.2) is 6.29 Å². The van der Waals surface area contributed by atoms with Crippen LogP contribution in [-0.4, -0.2) is 41.6 Å². The number of aryl methyl sites for hydroxylation is 2. The van der Waals surface area contributed by atoms with Crippen LogP contribution < -0.4 is 4.90 Å². The Hall–Kier alpha value is -1.79. The lowest BCUT2D eigenvalue weighted by molar-refractivity contribution is -0.00549. The molecule has 2 aromatic rings. The number of ether oxygens (including phenoxy) is 1. The largest absolute Gasteiger partial charge is 0.372 e. The first-order valence-electron chi connectivity index (χ1n) is 7.78. The maximum Gasteiger partial charge on any atom is 0.153 e. The summed E-state index contributed by atoms with van der Waals surface area (Å²) < 4.78 is 5.76. The van der Waals surface area contributed by atoms with Gasteiger partial charge in [-0.05, 0) is 33.8 Å². The molecule has 1 aliphatic rings. The molecule has 1 fully saturated rings. The highest BCUT2D eigenvalue weighted by Crippen LogP contribution is 2.32. The third-order valence-electron chi connectivity index (χ3n) is 3.91. The minimum absolute atomic E-state index is 0.131. The van der Waals surface area contributed by atoms with Gasteiger partial charge >= 0.3 is 0 Å². The van der Waals surface area contributed by atoms with Gasteiger partial charge in [0.2, 0.25) is 0 Å². The highest BCUT2D eigenvalue weighted by atomic mass is 32.1. The second kappa shape index (κ2) is 6.37. The van der Waals surface area contributed by atoms with Gasteiger partial charge in [-0.15, -0.1) is 11.3 Å². The van der Waals surface area contributed by atoms with Crippen molar-refractivity contribution in [2.24, 2.45) is 0 Å². The van der Waals surface area contributed by atoms with Gasteiger partial charge in [0, 0.05) is 24.8 Å². The van der Waals surface area contributed by atoms with Crippen molar-refractivity contribution in [3.8, 4) is 10.4 Å². The molecule has 23 heavy (non-hydrogen) atoms. The number of thiazole rings is 1. The van der Waals surface area contributed by atoms with Gasteiger partial charge in [0.05, 0.1) is 33.4 Å². The number of pyridine rings is 1. The summed E-state index contributed by atoms with van der Waals surface area (Å²) in [6.07, 6.45) is 2.99. The molecular weight excluding hydrogens is 310 g/mol. The van der Waals surface area contributed by atoms with Crippen molar-refractivity contribution in [1.29, 1.82) is 0 Å². The summed E-state index contributed by atoms with van der Waals surface area (Å²) in [6.45, 7) is 9.55. The van der Waals surface area contributed by atoms with Crippen molar-refractivity contribution in [2.45, 2.75) is 39.9 Å². The van der Waals surface area contributed by atoms with E-state index in [0.29, 0.717) is 5.56 Å². The normalized spacial score (nSPS) is 21.5. The van der Waals surface area contributed by atoms with Gasteiger partial charge in [-0.2, -0.15) is 0 Å². The Morgan fingerprint density at radius 1 is 1.30 bits per heavy atom. The monoisotopic (exact) mass is 331 g/mol. The molecular formula is C17H21N3O2S. The van der Waals surface area contributed by atoms with Crippen LogP contribution in [0.25, 0.3) is 10.4 Å². The van der Waals surface area contributed by atoms with E-state index >= 15 is 0 Å². The molecule has 122 valence electrons. The van der Waals surface area contributed by atoms with Crippen LogP contribution in [0.2, 0.25) is 0 Å². The molecule has 0 spiro atoms. The molecule has 0 amide bonds. The van der Waals surface area contributed by atoms with E-state index in [-0.39, 0.29) is 12.2 Å². The lowest BCUT2D eigenvalue weighted by atomic mass is 10.1. The number of nitrogens with zero attached hydrogens (tertiary/aromatic N) is 3. The Bertz CT molecular complexity index is 719. The number of aldehydes is 1. The van der Waals surface area contributed by atoms with Gasteiger partial charge in [-0.25, -0.2) is 9.97 Å². The molecule has 2 atom stereocenters. The van der Waals surface area contributed by atoms with E-state index in [9.17, 15) is 4.79 Å². The predicted octanol–water partition coefficient (Wildman–Crippen LogP) is 3.25. The van der Waals surface area contributed by atoms with E-state index in [4.69, 9.17) is 4.74 Å². The molecule has 5 nitrogen and oxygen atoms in total. The van der Waals surface area contributed by atoms with Gasteiger partial charge in [-0.3, -0.25) is 4.79 Å². The van der Waals surface area contributed by atoms with Crippen molar-refractivity contribution in [3.63, 3.8) is 0 Å². The highest BCUT2D eigenvalue weighted by Gasteiger charge is 2.25. The minimum Gasteiger partial charge on any atom is -0.372 e. The zero-order valence-electron chi connectivity index (χ0n) is 13.9. The number of hydrogen-bond donors (Lipinski definition) is 0. The average molecular weight is 331 g/mol. The Morgan fingerprint density at radius 3 is 2.57 bits per heavy atom.